The summed E-state index contributed by atoms with van der Waals surface area (Å²) in [6, 6.07) is 8.08. The Morgan fingerprint density at radius 2 is 1.67 bits per heavy atom. The van der Waals surface area contributed by atoms with Gasteiger partial charge in [-0.2, -0.15) is 5.26 Å². The first-order chi connectivity index (χ1) is 12.8. The highest BCUT2D eigenvalue weighted by molar-refractivity contribution is 7.16. The molecule has 3 aromatic rings. The molecule has 3 rings (SSSR count). The number of aromatic nitrogens is 1. The molecule has 9 heteroatoms. The first-order valence-electron chi connectivity index (χ1n) is 7.56. The highest BCUT2D eigenvalue weighted by atomic mass is 32.1. The standard InChI is InChI=1S/C18H11F3N4OS/c1-9-23-16(17(26)24-14-3-10(8-22)2-11(19)5-14)18(27-9)25-15-6-12(20)4-13(21)7-15/h2-7,25H,1H3,(H,24,26). The molecule has 27 heavy (non-hydrogen) atoms. The van der Waals surface area contributed by atoms with Gasteiger partial charge in [0.1, 0.15) is 22.5 Å². The van der Waals surface area contributed by atoms with Gasteiger partial charge in [0.15, 0.2) is 5.69 Å². The molecule has 0 aliphatic heterocycles. The van der Waals surface area contributed by atoms with Gasteiger partial charge in [-0.15, -0.1) is 11.3 Å². The summed E-state index contributed by atoms with van der Waals surface area (Å²) in [5.74, 6) is -2.87. The topological polar surface area (TPSA) is 77.8 Å². The van der Waals surface area contributed by atoms with Gasteiger partial charge in [-0.25, -0.2) is 18.2 Å². The maximum absolute atomic E-state index is 13.5. The molecule has 136 valence electrons. The molecule has 2 N–H and O–H groups in total. The van der Waals surface area contributed by atoms with Crippen molar-refractivity contribution >= 4 is 33.6 Å². The van der Waals surface area contributed by atoms with Crippen molar-refractivity contribution in [2.75, 3.05) is 10.6 Å². The zero-order chi connectivity index (χ0) is 19.6. The smallest absolute Gasteiger partial charge is 0.277 e. The van der Waals surface area contributed by atoms with Gasteiger partial charge in [-0.05, 0) is 37.3 Å². The van der Waals surface area contributed by atoms with E-state index in [-0.39, 0.29) is 27.6 Å². The molecular weight excluding hydrogens is 377 g/mol. The number of thiazole rings is 1. The third-order valence-electron chi connectivity index (χ3n) is 3.35. The van der Waals surface area contributed by atoms with Gasteiger partial charge < -0.3 is 10.6 Å². The number of rotatable bonds is 4. The Balaban J connectivity index is 1.88. The van der Waals surface area contributed by atoms with E-state index in [1.54, 1.807) is 13.0 Å². The molecule has 1 heterocycles. The SMILES string of the molecule is Cc1nc(C(=O)Nc2cc(F)cc(C#N)c2)c(Nc2cc(F)cc(F)c2)s1. The molecule has 0 atom stereocenters. The summed E-state index contributed by atoms with van der Waals surface area (Å²) in [4.78, 5) is 16.6. The quantitative estimate of drug-likeness (QED) is 0.677. The van der Waals surface area contributed by atoms with Crippen molar-refractivity contribution in [3.05, 3.63) is 70.1 Å². The van der Waals surface area contributed by atoms with Gasteiger partial charge in [0.05, 0.1) is 16.6 Å². The Morgan fingerprint density at radius 3 is 2.33 bits per heavy atom. The molecule has 0 saturated heterocycles. The number of nitrogens with zero attached hydrogens (tertiary/aromatic N) is 2. The van der Waals surface area contributed by atoms with Crippen LogP contribution in [0.15, 0.2) is 36.4 Å². The van der Waals surface area contributed by atoms with Crippen LogP contribution in [0.4, 0.5) is 29.5 Å². The normalized spacial score (nSPS) is 10.3. The summed E-state index contributed by atoms with van der Waals surface area (Å²) in [5.41, 5.74) is 0.228. The molecule has 2 aromatic carbocycles. The van der Waals surface area contributed by atoms with Crippen LogP contribution < -0.4 is 10.6 Å². The second kappa shape index (κ2) is 7.47. The lowest BCUT2D eigenvalue weighted by atomic mass is 10.2. The number of nitriles is 1. The van der Waals surface area contributed by atoms with Crippen LogP contribution in [0, 0.1) is 35.7 Å². The average Bonchev–Trinajstić information content (AvgIpc) is 2.93. The van der Waals surface area contributed by atoms with Crippen LogP contribution in [0.1, 0.15) is 21.1 Å². The summed E-state index contributed by atoms with van der Waals surface area (Å²) in [7, 11) is 0. The van der Waals surface area contributed by atoms with Crippen LogP contribution in [0.25, 0.3) is 0 Å². The van der Waals surface area contributed by atoms with Crippen LogP contribution in [-0.4, -0.2) is 10.9 Å². The van der Waals surface area contributed by atoms with Crippen molar-refractivity contribution in [1.82, 2.24) is 4.98 Å². The van der Waals surface area contributed by atoms with Gasteiger partial charge in [-0.3, -0.25) is 4.79 Å². The van der Waals surface area contributed by atoms with Gasteiger partial charge in [0.2, 0.25) is 0 Å². The molecule has 0 spiro atoms. The lowest BCUT2D eigenvalue weighted by molar-refractivity contribution is 0.102. The van der Waals surface area contributed by atoms with Crippen LogP contribution in [0.3, 0.4) is 0 Å². The molecule has 0 radical (unpaired) electrons. The monoisotopic (exact) mass is 388 g/mol. The van der Waals surface area contributed by atoms with Crippen molar-refractivity contribution in [3.63, 3.8) is 0 Å². The number of anilines is 3. The summed E-state index contributed by atoms with van der Waals surface area (Å²) >= 11 is 1.12. The lowest BCUT2D eigenvalue weighted by Crippen LogP contribution is -2.14. The largest absolute Gasteiger partial charge is 0.345 e. The minimum absolute atomic E-state index is 0.0232. The van der Waals surface area contributed by atoms with E-state index in [4.69, 9.17) is 5.26 Å². The Hall–Kier alpha value is -3.38. The Labute approximate surface area is 156 Å². The van der Waals surface area contributed by atoms with E-state index in [0.717, 1.165) is 41.7 Å². The van der Waals surface area contributed by atoms with E-state index >= 15 is 0 Å². The Bertz CT molecular complexity index is 1050. The Kier molecular flexibility index (Phi) is 5.09. The molecule has 0 bridgehead atoms. The first kappa shape index (κ1) is 18.4. The second-order valence-electron chi connectivity index (χ2n) is 5.49. The van der Waals surface area contributed by atoms with Gasteiger partial charge in [-0.1, -0.05) is 0 Å². The number of halogens is 3. The first-order valence-corrected chi connectivity index (χ1v) is 8.38. The maximum Gasteiger partial charge on any atom is 0.277 e. The number of carbonyl (C=O) groups is 1. The lowest BCUT2D eigenvalue weighted by Gasteiger charge is -2.08. The highest BCUT2D eigenvalue weighted by Gasteiger charge is 2.18. The average molecular weight is 388 g/mol. The molecule has 0 unspecified atom stereocenters. The minimum Gasteiger partial charge on any atom is -0.345 e. The van der Waals surface area contributed by atoms with Crippen LogP contribution in [-0.2, 0) is 0 Å². The summed E-state index contributed by atoms with van der Waals surface area (Å²) in [6.07, 6.45) is 0. The number of hydrogen-bond acceptors (Lipinski definition) is 5. The van der Waals surface area contributed by atoms with Crippen molar-refractivity contribution in [2.45, 2.75) is 6.92 Å². The van der Waals surface area contributed by atoms with Crippen molar-refractivity contribution < 1.29 is 18.0 Å². The van der Waals surface area contributed by atoms with Crippen molar-refractivity contribution in [1.29, 1.82) is 5.26 Å². The molecule has 0 aliphatic carbocycles. The summed E-state index contributed by atoms with van der Waals surface area (Å²) in [5, 5.41) is 14.9. The third-order valence-corrected chi connectivity index (χ3v) is 4.24. The fourth-order valence-corrected chi connectivity index (χ4v) is 3.18. The van der Waals surface area contributed by atoms with E-state index in [2.05, 4.69) is 15.6 Å². The molecule has 1 amide bonds. The predicted molar refractivity (Wildman–Crippen MR) is 95.6 cm³/mol. The zero-order valence-corrected chi connectivity index (χ0v) is 14.6. The van der Waals surface area contributed by atoms with Gasteiger partial charge >= 0.3 is 0 Å². The van der Waals surface area contributed by atoms with E-state index in [1.165, 1.54) is 6.07 Å². The molecule has 0 fully saturated rings. The number of carbonyl (C=O) groups excluding carboxylic acids is 1. The van der Waals surface area contributed by atoms with Gasteiger partial charge in [0.25, 0.3) is 5.91 Å². The van der Waals surface area contributed by atoms with E-state index in [9.17, 15) is 18.0 Å². The number of nitrogens with one attached hydrogen (secondary N) is 2. The van der Waals surface area contributed by atoms with E-state index in [0.29, 0.717) is 5.01 Å². The maximum atomic E-state index is 13.5. The zero-order valence-electron chi connectivity index (χ0n) is 13.8. The van der Waals surface area contributed by atoms with Crippen molar-refractivity contribution in [3.8, 4) is 6.07 Å². The highest BCUT2D eigenvalue weighted by Crippen LogP contribution is 2.29. The van der Waals surface area contributed by atoms with Gasteiger partial charge in [0, 0.05) is 17.4 Å². The fourth-order valence-electron chi connectivity index (χ4n) is 2.34. The molecule has 1 aromatic heterocycles. The molecule has 0 aliphatic rings. The fraction of sp³-hybridized carbons (Fsp3) is 0.0556. The van der Waals surface area contributed by atoms with E-state index in [1.807, 2.05) is 0 Å². The number of amides is 1. The summed E-state index contributed by atoms with van der Waals surface area (Å²) in [6.45, 7) is 1.66. The van der Waals surface area contributed by atoms with E-state index < -0.39 is 23.4 Å². The predicted octanol–water partition coefficient (Wildman–Crippen LogP) is 4.74. The molecular formula is C18H11F3N4OS. The second-order valence-corrected chi connectivity index (χ2v) is 6.69. The van der Waals surface area contributed by atoms with Crippen LogP contribution in [0.2, 0.25) is 0 Å². The number of hydrogen-bond donors (Lipinski definition) is 2. The third kappa shape index (κ3) is 4.43. The Morgan fingerprint density at radius 1 is 1.04 bits per heavy atom. The summed E-state index contributed by atoms with van der Waals surface area (Å²) < 4.78 is 40.2. The number of benzene rings is 2. The molecule has 5 nitrogen and oxygen atoms in total. The molecule has 0 saturated carbocycles. The number of aryl methyl sites for hydroxylation is 1. The van der Waals surface area contributed by atoms with Crippen molar-refractivity contribution in [2.24, 2.45) is 0 Å². The van der Waals surface area contributed by atoms with Crippen LogP contribution in [0.5, 0.6) is 0 Å². The minimum atomic E-state index is -0.770. The van der Waals surface area contributed by atoms with Crippen LogP contribution >= 0.6 is 11.3 Å².